The van der Waals surface area contributed by atoms with Crippen LogP contribution in [0.5, 0.6) is 0 Å². The number of aromatic nitrogens is 2. The van der Waals surface area contributed by atoms with Crippen molar-refractivity contribution in [3.63, 3.8) is 0 Å². The summed E-state index contributed by atoms with van der Waals surface area (Å²) < 4.78 is 1.89. The first kappa shape index (κ1) is 10.5. The van der Waals surface area contributed by atoms with Gasteiger partial charge in [-0.15, -0.1) is 0 Å². The van der Waals surface area contributed by atoms with E-state index in [0.717, 1.165) is 0 Å². The number of amides is 1. The van der Waals surface area contributed by atoms with Crippen LogP contribution in [-0.2, 0) is 11.3 Å². The maximum Gasteiger partial charge on any atom is 0.243 e. The molecule has 0 spiro atoms. The van der Waals surface area contributed by atoms with Crippen molar-refractivity contribution < 1.29 is 6.22 Å². The van der Waals surface area contributed by atoms with Crippen LogP contribution in [0.25, 0.3) is 0 Å². The van der Waals surface area contributed by atoms with Crippen molar-refractivity contribution in [1.29, 1.82) is 0 Å². The third-order valence-electron chi connectivity index (χ3n) is 1.58. The molecule has 0 atom stereocenters. The molecular formula is C10H17N3O. The molecule has 0 aliphatic carbocycles. The lowest BCUT2D eigenvalue weighted by atomic mass is 10.3. The predicted octanol–water partition coefficient (Wildman–Crippen LogP) is 1.21. The summed E-state index contributed by atoms with van der Waals surface area (Å²) in [4.78, 5) is 15.1. The summed E-state index contributed by atoms with van der Waals surface area (Å²) in [6, 6.07) is 0.181. The Morgan fingerprint density at radius 2 is 2.50 bits per heavy atom. The van der Waals surface area contributed by atoms with Gasteiger partial charge < -0.3 is 9.88 Å². The Kier molecular flexibility index (Phi) is 3.91. The summed E-state index contributed by atoms with van der Waals surface area (Å²) in [5, 5.41) is 2.77. The minimum atomic E-state index is -0.0554. The molecule has 0 unspecified atom stereocenters. The third-order valence-corrected chi connectivity index (χ3v) is 1.58. The van der Waals surface area contributed by atoms with E-state index in [1.54, 1.807) is 24.7 Å². The molecule has 1 heterocycles. The predicted molar refractivity (Wildman–Crippen MR) is 56.8 cm³/mol. The summed E-state index contributed by atoms with van der Waals surface area (Å²) in [6.07, 6.45) is 8.62. The first-order chi connectivity index (χ1) is 6.68. The molecule has 4 nitrogen and oxygen atoms in total. The van der Waals surface area contributed by atoms with E-state index >= 15 is 0 Å². The van der Waals surface area contributed by atoms with Crippen molar-refractivity contribution in [2.45, 2.75) is 26.4 Å². The Morgan fingerprint density at radius 1 is 1.71 bits per heavy atom. The molecule has 0 saturated carbocycles. The van der Waals surface area contributed by atoms with Gasteiger partial charge in [-0.05, 0) is 13.8 Å². The molecule has 78 valence electrons. The summed E-state index contributed by atoms with van der Waals surface area (Å²) in [5.41, 5.74) is 0. The van der Waals surface area contributed by atoms with Crippen LogP contribution in [0, 0.1) is 0 Å². The summed E-state index contributed by atoms with van der Waals surface area (Å²) >= 11 is 0. The van der Waals surface area contributed by atoms with E-state index in [-0.39, 0.29) is 13.4 Å². The molecule has 1 aromatic rings. The van der Waals surface area contributed by atoms with Gasteiger partial charge in [0.05, 0.1) is 6.33 Å². The van der Waals surface area contributed by atoms with Gasteiger partial charge in [0.1, 0.15) is 0 Å². The average molecular weight is 195 g/mol. The number of carbonyl (C=O) groups is 1. The Labute approximate surface area is 85.1 Å². The monoisotopic (exact) mass is 195 g/mol. The van der Waals surface area contributed by atoms with E-state index in [1.165, 1.54) is 0 Å². The molecule has 0 saturated heterocycles. The number of rotatable bonds is 4. The molecule has 0 aromatic carbocycles. The van der Waals surface area contributed by atoms with Crippen molar-refractivity contribution in [3.8, 4) is 0 Å². The van der Waals surface area contributed by atoms with Crippen molar-refractivity contribution in [3.05, 3.63) is 30.9 Å². The lowest BCUT2D eigenvalue weighted by Gasteiger charge is -2.04. The second kappa shape index (κ2) is 5.21. The highest BCUT2D eigenvalue weighted by Gasteiger charge is 1.96. The van der Waals surface area contributed by atoms with Crippen molar-refractivity contribution in [2.24, 2.45) is 0 Å². The second-order valence-electron chi connectivity index (χ2n) is 3.33. The van der Waals surface area contributed by atoms with Crippen LogP contribution in [0.2, 0.25) is 0 Å². The molecule has 0 bridgehead atoms. The normalized spacial score (nSPS) is 11.1. The molecule has 4 heteroatoms. The highest BCUT2D eigenvalue weighted by Crippen LogP contribution is 1.87. The van der Waals surface area contributed by atoms with E-state index in [1.807, 2.05) is 24.6 Å². The molecule has 0 aliphatic rings. The highest BCUT2D eigenvalue weighted by molar-refractivity contribution is 5.87. The Morgan fingerprint density at radius 3 is 3.07 bits per heavy atom. The van der Waals surface area contributed by atoms with Crippen LogP contribution >= 0.6 is 0 Å². The molecule has 1 aromatic heterocycles. The molecule has 1 rings (SSSR count). The zero-order chi connectivity index (χ0) is 10.4. The first-order valence-electron chi connectivity index (χ1n) is 4.61. The third kappa shape index (κ3) is 3.89. The molecule has 0 radical (unpaired) electrons. The topological polar surface area (TPSA) is 46.9 Å². The molecule has 0 aliphatic heterocycles. The minimum absolute atomic E-state index is 0. The van der Waals surface area contributed by atoms with Crippen LogP contribution in [-0.4, -0.2) is 21.5 Å². The molecule has 1 amide bonds. The fraction of sp³-hybridized carbons (Fsp3) is 0.400. The largest absolute Gasteiger partial charge is 0.350 e. The molecule has 14 heavy (non-hydrogen) atoms. The smallest absolute Gasteiger partial charge is 0.243 e. The van der Waals surface area contributed by atoms with Gasteiger partial charge in [-0.25, -0.2) is 4.98 Å². The molecular weight excluding hydrogens is 178 g/mol. The van der Waals surface area contributed by atoms with E-state index in [2.05, 4.69) is 10.3 Å². The fourth-order valence-electron chi connectivity index (χ4n) is 1.01. The van der Waals surface area contributed by atoms with Gasteiger partial charge in [-0.2, -0.15) is 0 Å². The number of hydrogen-bond acceptors (Lipinski definition) is 2. The van der Waals surface area contributed by atoms with Gasteiger partial charge in [-0.3, -0.25) is 4.79 Å². The van der Waals surface area contributed by atoms with Crippen LogP contribution in [0.15, 0.2) is 30.9 Å². The molecule has 0 fully saturated rings. The SMILES string of the molecule is CC(C)NC(=O)/C=C/Cn1ccnc1.[HH]. The number of nitrogens with one attached hydrogen (secondary N) is 1. The zero-order valence-corrected chi connectivity index (χ0v) is 8.47. The van der Waals surface area contributed by atoms with Crippen molar-refractivity contribution >= 4 is 5.91 Å². The van der Waals surface area contributed by atoms with Gasteiger partial charge >= 0.3 is 0 Å². The number of allylic oxidation sites excluding steroid dienone is 1. The zero-order valence-electron chi connectivity index (χ0n) is 8.47. The Hall–Kier alpha value is -1.58. The van der Waals surface area contributed by atoms with Crippen LogP contribution < -0.4 is 5.32 Å². The van der Waals surface area contributed by atoms with Crippen molar-refractivity contribution in [2.75, 3.05) is 0 Å². The summed E-state index contributed by atoms with van der Waals surface area (Å²) in [7, 11) is 0. The van der Waals surface area contributed by atoms with Crippen LogP contribution in [0.1, 0.15) is 15.3 Å². The number of imidazole rings is 1. The summed E-state index contributed by atoms with van der Waals surface area (Å²) in [6.45, 7) is 4.54. The van der Waals surface area contributed by atoms with Crippen LogP contribution in [0.4, 0.5) is 0 Å². The number of hydrogen-bond donors (Lipinski definition) is 1. The second-order valence-corrected chi connectivity index (χ2v) is 3.33. The lowest BCUT2D eigenvalue weighted by molar-refractivity contribution is -0.116. The molecule has 1 N–H and O–H groups in total. The van der Waals surface area contributed by atoms with E-state index in [0.29, 0.717) is 6.54 Å². The van der Waals surface area contributed by atoms with E-state index < -0.39 is 0 Å². The number of carbonyl (C=O) groups excluding carboxylic acids is 1. The standard InChI is InChI=1S/C10H15N3O.H2/c1-9(2)12-10(14)4-3-6-13-7-5-11-8-13;/h3-5,7-9H,6H2,1-2H3,(H,12,14);1H/b4-3+;. The van der Waals surface area contributed by atoms with Gasteiger partial charge in [0, 0.05) is 32.5 Å². The average Bonchev–Trinajstić information content (AvgIpc) is 2.55. The van der Waals surface area contributed by atoms with Crippen molar-refractivity contribution in [1.82, 2.24) is 14.9 Å². The lowest BCUT2D eigenvalue weighted by Crippen LogP contribution is -2.28. The quantitative estimate of drug-likeness (QED) is 0.734. The fourth-order valence-corrected chi connectivity index (χ4v) is 1.01. The Balaban J connectivity index is 0.00000196. The Bertz CT molecular complexity index is 306. The van der Waals surface area contributed by atoms with E-state index in [9.17, 15) is 4.79 Å². The van der Waals surface area contributed by atoms with E-state index in [4.69, 9.17) is 0 Å². The summed E-state index contributed by atoms with van der Waals surface area (Å²) in [5.74, 6) is -0.0554. The van der Waals surface area contributed by atoms with Gasteiger partial charge in [-0.1, -0.05) is 6.08 Å². The van der Waals surface area contributed by atoms with Gasteiger partial charge in [0.15, 0.2) is 0 Å². The highest BCUT2D eigenvalue weighted by atomic mass is 16.1. The number of nitrogens with zero attached hydrogens (tertiary/aromatic N) is 2. The van der Waals surface area contributed by atoms with Gasteiger partial charge in [0.2, 0.25) is 5.91 Å². The minimum Gasteiger partial charge on any atom is -0.350 e. The van der Waals surface area contributed by atoms with Crippen LogP contribution in [0.3, 0.4) is 0 Å². The maximum absolute atomic E-state index is 11.2. The maximum atomic E-state index is 11.2. The van der Waals surface area contributed by atoms with Gasteiger partial charge in [0.25, 0.3) is 0 Å². The first-order valence-corrected chi connectivity index (χ1v) is 4.61.